The van der Waals surface area contributed by atoms with Crippen molar-refractivity contribution in [3.05, 3.63) is 60.2 Å². The summed E-state index contributed by atoms with van der Waals surface area (Å²) >= 11 is 0. The number of aromatic hydroxyl groups is 1. The Hall–Kier alpha value is -2.95. The minimum absolute atomic E-state index is 0.0766. The number of carbonyl (C=O) groups is 1. The summed E-state index contributed by atoms with van der Waals surface area (Å²) in [5, 5.41) is 19.2. The first kappa shape index (κ1) is 14.6. The summed E-state index contributed by atoms with van der Waals surface area (Å²) in [5.74, 6) is 0.268. The van der Waals surface area contributed by atoms with Crippen LogP contribution in [0.2, 0.25) is 0 Å². The van der Waals surface area contributed by atoms with Crippen molar-refractivity contribution in [2.24, 2.45) is 16.1 Å². The van der Waals surface area contributed by atoms with Crippen LogP contribution in [0.25, 0.3) is 10.9 Å². The van der Waals surface area contributed by atoms with Gasteiger partial charge in [-0.15, -0.1) is 10.2 Å². The number of carbonyl (C=O) groups excluding carboxylic acids is 1. The molecule has 4 rings (SSSR count). The molecule has 1 fully saturated rings. The van der Waals surface area contributed by atoms with E-state index in [-0.39, 0.29) is 5.88 Å². The second-order valence-corrected chi connectivity index (χ2v) is 6.11. The molecule has 0 spiro atoms. The highest BCUT2D eigenvalue weighted by molar-refractivity contribution is 5.97. The average molecular weight is 319 g/mol. The molecule has 1 N–H and O–H groups in total. The summed E-state index contributed by atoms with van der Waals surface area (Å²) in [7, 11) is 0. The van der Waals surface area contributed by atoms with E-state index in [1.807, 2.05) is 34.9 Å². The molecular weight excluding hydrogens is 302 g/mol. The van der Waals surface area contributed by atoms with Gasteiger partial charge in [-0.2, -0.15) is 0 Å². The van der Waals surface area contributed by atoms with Gasteiger partial charge in [0.25, 0.3) is 5.91 Å². The van der Waals surface area contributed by atoms with Crippen molar-refractivity contribution in [1.82, 2.24) is 4.57 Å². The summed E-state index contributed by atoms with van der Waals surface area (Å²) in [6.07, 6.45) is 2.38. The minimum Gasteiger partial charge on any atom is -0.493 e. The molecule has 0 bridgehead atoms. The molecule has 0 aliphatic heterocycles. The van der Waals surface area contributed by atoms with E-state index in [0.29, 0.717) is 17.2 Å². The van der Waals surface area contributed by atoms with Gasteiger partial charge in [0.2, 0.25) is 5.88 Å². The molecule has 0 radical (unpaired) electrons. The lowest BCUT2D eigenvalue weighted by Gasteiger charge is -2.04. The number of benzene rings is 2. The van der Waals surface area contributed by atoms with Crippen molar-refractivity contribution >= 4 is 22.5 Å². The van der Waals surface area contributed by atoms with Crippen molar-refractivity contribution in [3.8, 4) is 5.88 Å². The Morgan fingerprint density at radius 2 is 1.79 bits per heavy atom. The Labute approximate surface area is 139 Å². The van der Waals surface area contributed by atoms with E-state index in [1.54, 1.807) is 24.3 Å². The van der Waals surface area contributed by atoms with Crippen molar-refractivity contribution in [3.63, 3.8) is 0 Å². The van der Waals surface area contributed by atoms with Crippen LogP contribution in [-0.2, 0) is 6.54 Å². The Morgan fingerprint density at radius 3 is 2.54 bits per heavy atom. The molecule has 1 aliphatic rings. The second kappa shape index (κ2) is 5.92. The maximum Gasteiger partial charge on any atom is 0.295 e. The number of azo groups is 1. The third kappa shape index (κ3) is 2.69. The Bertz CT molecular complexity index is 924. The molecule has 1 saturated carbocycles. The summed E-state index contributed by atoms with van der Waals surface area (Å²) in [6.45, 7) is 0.772. The lowest BCUT2D eigenvalue weighted by Crippen LogP contribution is -1.98. The zero-order valence-corrected chi connectivity index (χ0v) is 13.1. The van der Waals surface area contributed by atoms with Crippen LogP contribution in [0.15, 0.2) is 64.8 Å². The van der Waals surface area contributed by atoms with Crippen LogP contribution in [0.4, 0.5) is 5.69 Å². The van der Waals surface area contributed by atoms with E-state index in [1.165, 1.54) is 12.8 Å². The monoisotopic (exact) mass is 319 g/mol. The number of hydrogen-bond donors (Lipinski definition) is 1. The zero-order valence-electron chi connectivity index (χ0n) is 13.1. The van der Waals surface area contributed by atoms with Gasteiger partial charge < -0.3 is 9.67 Å². The highest BCUT2D eigenvalue weighted by Crippen LogP contribution is 2.41. The van der Waals surface area contributed by atoms with E-state index in [2.05, 4.69) is 10.2 Å². The molecule has 1 heterocycles. The summed E-state index contributed by atoms with van der Waals surface area (Å²) in [4.78, 5) is 12.1. The van der Waals surface area contributed by atoms with Crippen LogP contribution in [0.1, 0.15) is 23.2 Å². The van der Waals surface area contributed by atoms with E-state index in [0.717, 1.165) is 17.4 Å². The van der Waals surface area contributed by atoms with Gasteiger partial charge in [0.15, 0.2) is 5.69 Å². The number of para-hydroxylation sites is 1. The van der Waals surface area contributed by atoms with Crippen LogP contribution in [0.5, 0.6) is 5.88 Å². The van der Waals surface area contributed by atoms with Crippen LogP contribution in [-0.4, -0.2) is 15.6 Å². The van der Waals surface area contributed by atoms with Gasteiger partial charge >= 0.3 is 0 Å². The third-order valence-electron chi connectivity index (χ3n) is 4.32. The van der Waals surface area contributed by atoms with Crippen LogP contribution >= 0.6 is 0 Å². The number of aromatic nitrogens is 1. The normalized spacial score (nSPS) is 14.5. The lowest BCUT2D eigenvalue weighted by atomic mass is 10.2. The fourth-order valence-electron chi connectivity index (χ4n) is 2.85. The van der Waals surface area contributed by atoms with Crippen molar-refractivity contribution in [1.29, 1.82) is 0 Å². The van der Waals surface area contributed by atoms with Gasteiger partial charge in [-0.3, -0.25) is 4.79 Å². The van der Waals surface area contributed by atoms with E-state index in [4.69, 9.17) is 0 Å². The van der Waals surface area contributed by atoms with Gasteiger partial charge in [0.1, 0.15) is 0 Å². The number of nitrogens with zero attached hydrogens (tertiary/aromatic N) is 3. The summed E-state index contributed by atoms with van der Waals surface area (Å²) in [5.41, 5.74) is 1.75. The molecule has 1 aromatic heterocycles. The van der Waals surface area contributed by atoms with Crippen molar-refractivity contribution in [2.75, 3.05) is 0 Å². The molecule has 0 saturated heterocycles. The van der Waals surface area contributed by atoms with Gasteiger partial charge in [-0.05, 0) is 37.0 Å². The molecule has 0 atom stereocenters. The predicted molar refractivity (Wildman–Crippen MR) is 91.6 cm³/mol. The summed E-state index contributed by atoms with van der Waals surface area (Å²) in [6, 6.07) is 16.4. The molecule has 5 nitrogen and oxygen atoms in total. The second-order valence-electron chi connectivity index (χ2n) is 6.11. The van der Waals surface area contributed by atoms with Gasteiger partial charge in [-0.25, -0.2) is 0 Å². The first-order valence-corrected chi connectivity index (χ1v) is 8.05. The van der Waals surface area contributed by atoms with Crippen molar-refractivity contribution < 1.29 is 9.90 Å². The molecule has 0 unspecified atom stereocenters. The maximum atomic E-state index is 12.1. The number of fused-ring (bicyclic) bond motifs is 1. The number of amides is 1. The predicted octanol–water partition coefficient (Wildman–Crippen LogP) is 4.68. The van der Waals surface area contributed by atoms with Crippen LogP contribution in [0.3, 0.4) is 0 Å². The Balaban J connectivity index is 1.72. The molecule has 120 valence electrons. The zero-order chi connectivity index (χ0) is 16.5. The molecule has 2 aromatic carbocycles. The SMILES string of the molecule is O=C(N=Nc1c(O)n(CC2CC2)c2ccccc12)c1ccccc1. The highest BCUT2D eigenvalue weighted by atomic mass is 16.3. The first-order chi connectivity index (χ1) is 11.7. The number of rotatable bonds is 4. The minimum atomic E-state index is -0.422. The highest BCUT2D eigenvalue weighted by Gasteiger charge is 2.25. The van der Waals surface area contributed by atoms with E-state index in [9.17, 15) is 9.90 Å². The quantitative estimate of drug-likeness (QED) is 0.709. The smallest absolute Gasteiger partial charge is 0.295 e. The van der Waals surface area contributed by atoms with E-state index < -0.39 is 5.91 Å². The Morgan fingerprint density at radius 1 is 1.08 bits per heavy atom. The van der Waals surface area contributed by atoms with E-state index >= 15 is 0 Å². The topological polar surface area (TPSA) is 66.9 Å². The first-order valence-electron chi connectivity index (χ1n) is 8.05. The molecule has 1 amide bonds. The Kier molecular flexibility index (Phi) is 3.61. The molecule has 3 aromatic rings. The van der Waals surface area contributed by atoms with Crippen molar-refractivity contribution in [2.45, 2.75) is 19.4 Å². The maximum absolute atomic E-state index is 12.1. The third-order valence-corrected chi connectivity index (χ3v) is 4.32. The van der Waals surface area contributed by atoms with Gasteiger partial charge in [-0.1, -0.05) is 36.4 Å². The summed E-state index contributed by atoms with van der Waals surface area (Å²) < 4.78 is 1.87. The van der Waals surface area contributed by atoms with Crippen LogP contribution in [0, 0.1) is 5.92 Å². The molecule has 24 heavy (non-hydrogen) atoms. The fraction of sp³-hybridized carbons (Fsp3) is 0.211. The van der Waals surface area contributed by atoms with Crippen LogP contribution < -0.4 is 0 Å². The molecule has 5 heteroatoms. The largest absolute Gasteiger partial charge is 0.493 e. The standard InChI is InChI=1S/C19H17N3O2/c23-18(14-6-2-1-3-7-14)21-20-17-15-8-4-5-9-16(15)22(19(17)24)12-13-10-11-13/h1-9,13,24H,10-12H2. The van der Waals surface area contributed by atoms with Gasteiger partial charge in [0, 0.05) is 17.5 Å². The lowest BCUT2D eigenvalue weighted by molar-refractivity contribution is 0.0995. The molecular formula is C19H17N3O2. The average Bonchev–Trinajstić information content (AvgIpc) is 3.40. The fourth-order valence-corrected chi connectivity index (χ4v) is 2.85. The van der Waals surface area contributed by atoms with Gasteiger partial charge in [0.05, 0.1) is 5.52 Å². The molecule has 1 aliphatic carbocycles. The number of hydrogen-bond acceptors (Lipinski definition) is 3.